The maximum absolute atomic E-state index is 13.7. The number of carbonyl (C=O) groups is 1. The molecule has 154 valence electrons. The molecule has 3 unspecified atom stereocenters. The van der Waals surface area contributed by atoms with Crippen LogP contribution in [0.1, 0.15) is 65.0 Å². The van der Waals surface area contributed by atoms with Crippen molar-refractivity contribution in [3.8, 4) is 0 Å². The second kappa shape index (κ2) is 7.57. The van der Waals surface area contributed by atoms with Crippen molar-refractivity contribution in [3.05, 3.63) is 77.9 Å². The van der Waals surface area contributed by atoms with Gasteiger partial charge in [0, 0.05) is 11.3 Å². The van der Waals surface area contributed by atoms with Crippen molar-refractivity contribution in [2.45, 2.75) is 59.5 Å². The number of benzene rings is 2. The molecule has 2 aromatic carbocycles. The number of rotatable bonds is 3. The molecule has 1 N–H and O–H groups in total. The van der Waals surface area contributed by atoms with Gasteiger partial charge in [0.25, 0.3) is 0 Å². The van der Waals surface area contributed by atoms with E-state index in [2.05, 4.69) is 24.3 Å². The minimum atomic E-state index is -1.25. The minimum absolute atomic E-state index is 0.0765. The molecule has 0 saturated carbocycles. The average molecular weight is 391 g/mol. The Labute approximate surface area is 175 Å². The highest BCUT2D eigenvalue weighted by atomic mass is 16.3. The number of hydrogen-bond acceptors (Lipinski definition) is 2. The van der Waals surface area contributed by atoms with Crippen molar-refractivity contribution in [3.63, 3.8) is 0 Å². The maximum Gasteiger partial charge on any atom is 0.145 e. The molecule has 1 aliphatic carbocycles. The molecule has 29 heavy (non-hydrogen) atoms. The molecule has 0 fully saturated rings. The molecule has 0 aliphatic heterocycles. The summed E-state index contributed by atoms with van der Waals surface area (Å²) in [7, 11) is 0. The summed E-state index contributed by atoms with van der Waals surface area (Å²) in [5.74, 6) is -0.461. The van der Waals surface area contributed by atoms with Crippen molar-refractivity contribution >= 4 is 11.4 Å². The Morgan fingerprint density at radius 3 is 1.90 bits per heavy atom. The molecule has 3 rings (SSSR count). The molecule has 2 aromatic rings. The van der Waals surface area contributed by atoms with Crippen molar-refractivity contribution in [2.24, 2.45) is 16.7 Å². The van der Waals surface area contributed by atoms with Crippen molar-refractivity contribution in [1.82, 2.24) is 0 Å². The van der Waals surface area contributed by atoms with Gasteiger partial charge in [-0.05, 0) is 34.6 Å². The highest BCUT2D eigenvalue weighted by molar-refractivity contribution is 5.90. The monoisotopic (exact) mass is 390 g/mol. The van der Waals surface area contributed by atoms with Gasteiger partial charge >= 0.3 is 0 Å². The molecule has 0 saturated heterocycles. The van der Waals surface area contributed by atoms with E-state index in [1.165, 1.54) is 0 Å². The normalized spacial score (nSPS) is 25.4. The van der Waals surface area contributed by atoms with E-state index in [0.717, 1.165) is 23.1 Å². The highest BCUT2D eigenvalue weighted by Gasteiger charge is 2.55. The lowest BCUT2D eigenvalue weighted by molar-refractivity contribution is -0.147. The zero-order chi connectivity index (χ0) is 21.4. The van der Waals surface area contributed by atoms with E-state index in [4.69, 9.17) is 0 Å². The lowest BCUT2D eigenvalue weighted by Crippen LogP contribution is -2.56. The van der Waals surface area contributed by atoms with Crippen LogP contribution in [-0.4, -0.2) is 16.5 Å². The summed E-state index contributed by atoms with van der Waals surface area (Å²) < 4.78 is 0. The number of carbonyl (C=O) groups excluding carboxylic acids is 1. The van der Waals surface area contributed by atoms with Crippen molar-refractivity contribution in [2.75, 3.05) is 0 Å². The Kier molecular flexibility index (Phi) is 5.62. The largest absolute Gasteiger partial charge is 0.384 e. The van der Waals surface area contributed by atoms with Gasteiger partial charge in [0.15, 0.2) is 0 Å². The number of ketones is 1. The van der Waals surface area contributed by atoms with Gasteiger partial charge in [-0.25, -0.2) is 0 Å². The van der Waals surface area contributed by atoms with Crippen LogP contribution in [0.2, 0.25) is 0 Å². The van der Waals surface area contributed by atoms with Gasteiger partial charge in [0.05, 0.1) is 11.5 Å². The molecule has 0 bridgehead atoms. The van der Waals surface area contributed by atoms with E-state index in [0.29, 0.717) is 0 Å². The third-order valence-electron chi connectivity index (χ3n) is 6.31. The highest BCUT2D eigenvalue weighted by Crippen LogP contribution is 2.53. The van der Waals surface area contributed by atoms with Gasteiger partial charge in [-0.15, -0.1) is 0 Å². The Morgan fingerprint density at radius 1 is 0.897 bits per heavy atom. The smallest absolute Gasteiger partial charge is 0.145 e. The topological polar surface area (TPSA) is 37.3 Å². The van der Waals surface area contributed by atoms with E-state index < -0.39 is 22.3 Å². The summed E-state index contributed by atoms with van der Waals surface area (Å²) in [6, 6.07) is 20.4. The lowest BCUT2D eigenvalue weighted by Gasteiger charge is -2.51. The molecule has 3 atom stereocenters. The molecule has 2 nitrogen and oxygen atoms in total. The molecular formula is C27H34O2. The summed E-state index contributed by atoms with van der Waals surface area (Å²) in [6.45, 7) is 12.0. The van der Waals surface area contributed by atoms with Crippen LogP contribution in [0.3, 0.4) is 0 Å². The van der Waals surface area contributed by atoms with Crippen LogP contribution in [0.25, 0.3) is 5.57 Å². The van der Waals surface area contributed by atoms with Gasteiger partial charge in [-0.2, -0.15) is 0 Å². The van der Waals surface area contributed by atoms with Crippen LogP contribution < -0.4 is 0 Å². The molecule has 0 amide bonds. The second-order valence-corrected chi connectivity index (χ2v) is 10.4. The van der Waals surface area contributed by atoms with E-state index in [1.54, 1.807) is 0 Å². The third-order valence-corrected chi connectivity index (χ3v) is 6.31. The van der Waals surface area contributed by atoms with Crippen LogP contribution in [0.4, 0.5) is 0 Å². The summed E-state index contributed by atoms with van der Waals surface area (Å²) in [6.07, 6.45) is 2.72. The van der Waals surface area contributed by atoms with Gasteiger partial charge < -0.3 is 5.11 Å². The predicted molar refractivity (Wildman–Crippen MR) is 121 cm³/mol. The first kappa shape index (κ1) is 21.5. The zero-order valence-electron chi connectivity index (χ0n) is 18.6. The summed E-state index contributed by atoms with van der Waals surface area (Å²) in [5, 5.41) is 12.2. The Balaban J connectivity index is 2.26. The fourth-order valence-corrected chi connectivity index (χ4v) is 4.47. The number of hydrogen-bond donors (Lipinski definition) is 1. The van der Waals surface area contributed by atoms with Crippen molar-refractivity contribution in [1.29, 1.82) is 0 Å². The molecule has 0 spiro atoms. The second-order valence-electron chi connectivity index (χ2n) is 10.4. The van der Waals surface area contributed by atoms with Crippen LogP contribution in [-0.2, 0) is 4.79 Å². The molecular weight excluding hydrogens is 356 g/mol. The van der Waals surface area contributed by atoms with Gasteiger partial charge in [-0.3, -0.25) is 4.79 Å². The zero-order valence-corrected chi connectivity index (χ0v) is 18.6. The molecule has 0 radical (unpaired) electrons. The molecule has 1 aliphatic rings. The molecule has 0 heterocycles. The molecule has 0 aromatic heterocycles. The Bertz CT molecular complexity index is 882. The van der Waals surface area contributed by atoms with Gasteiger partial charge in [0.1, 0.15) is 5.78 Å². The van der Waals surface area contributed by atoms with Crippen molar-refractivity contribution < 1.29 is 9.90 Å². The lowest BCUT2D eigenvalue weighted by atomic mass is 9.55. The minimum Gasteiger partial charge on any atom is -0.384 e. The quantitative estimate of drug-likeness (QED) is 0.671. The van der Waals surface area contributed by atoms with E-state index >= 15 is 0 Å². The number of Topliss-reactive ketones (excluding diaryl/α,β-unsaturated/α-hetero) is 1. The summed E-state index contributed by atoms with van der Waals surface area (Å²) in [4.78, 5) is 13.7. The van der Waals surface area contributed by atoms with E-state index in [-0.39, 0.29) is 11.7 Å². The Morgan fingerprint density at radius 2 is 1.41 bits per heavy atom. The first-order chi connectivity index (χ1) is 13.4. The number of aliphatic hydroxyl groups is 1. The number of allylic oxidation sites excluding steroid dienone is 1. The summed E-state index contributed by atoms with van der Waals surface area (Å²) in [5.41, 5.74) is 1.05. The van der Waals surface area contributed by atoms with Crippen LogP contribution in [0.5, 0.6) is 0 Å². The predicted octanol–water partition coefficient (Wildman–Crippen LogP) is 6.27. The summed E-state index contributed by atoms with van der Waals surface area (Å²) >= 11 is 0. The van der Waals surface area contributed by atoms with E-state index in [1.807, 2.05) is 84.0 Å². The third kappa shape index (κ3) is 4.09. The van der Waals surface area contributed by atoms with E-state index in [9.17, 15) is 9.90 Å². The van der Waals surface area contributed by atoms with Crippen LogP contribution in [0.15, 0.2) is 66.7 Å². The van der Waals surface area contributed by atoms with Crippen LogP contribution in [0, 0.1) is 16.7 Å². The standard InChI is InChI=1S/C27H34O2/c1-25(2,3)24(28)23-22(20-15-11-8-12-16-20)17-21(19-13-9-7-10-14-19)18-27(23,29)26(4,5)6/h7-16,18,22-23,29H,17H2,1-6H3. The first-order valence-corrected chi connectivity index (χ1v) is 10.5. The average Bonchev–Trinajstić information content (AvgIpc) is 2.66. The maximum atomic E-state index is 13.7. The van der Waals surface area contributed by atoms with Gasteiger partial charge in [0.2, 0.25) is 0 Å². The first-order valence-electron chi connectivity index (χ1n) is 10.5. The van der Waals surface area contributed by atoms with Crippen LogP contribution >= 0.6 is 0 Å². The Hall–Kier alpha value is -2.19. The fraction of sp³-hybridized carbons (Fsp3) is 0.444. The van der Waals surface area contributed by atoms with Gasteiger partial charge in [-0.1, -0.05) is 102 Å². The SMILES string of the molecule is CC(C)(C)C(=O)C1C(c2ccccc2)CC(c2ccccc2)=CC1(O)C(C)(C)C. The molecule has 2 heteroatoms. The fourth-order valence-electron chi connectivity index (χ4n) is 4.47.